The molecule has 0 amide bonds. The van der Waals surface area contributed by atoms with E-state index in [9.17, 15) is 0 Å². The fourth-order valence-electron chi connectivity index (χ4n) is 4.54. The first-order valence-corrected chi connectivity index (χ1v) is 10.0. The van der Waals surface area contributed by atoms with Crippen molar-refractivity contribution < 1.29 is 0 Å². The van der Waals surface area contributed by atoms with Crippen LogP contribution in [0.25, 0.3) is 11.1 Å². The normalized spacial score (nSPS) is 17.6. The van der Waals surface area contributed by atoms with E-state index in [4.69, 9.17) is 0 Å². The van der Waals surface area contributed by atoms with Crippen LogP contribution in [0.5, 0.6) is 0 Å². The fourth-order valence-corrected chi connectivity index (χ4v) is 4.54. The number of benzene rings is 2. The van der Waals surface area contributed by atoms with Gasteiger partial charge in [-0.3, -0.25) is 0 Å². The van der Waals surface area contributed by atoms with Gasteiger partial charge in [0, 0.05) is 23.5 Å². The number of fused-ring (bicyclic) bond motifs is 3. The summed E-state index contributed by atoms with van der Waals surface area (Å²) in [5.74, 6) is 0. The van der Waals surface area contributed by atoms with E-state index >= 15 is 0 Å². The Kier molecular flexibility index (Phi) is 4.09. The van der Waals surface area contributed by atoms with Crippen molar-refractivity contribution in [1.82, 2.24) is 0 Å². The Morgan fingerprint density at radius 1 is 0.778 bits per heavy atom. The predicted molar refractivity (Wildman–Crippen MR) is 115 cm³/mol. The van der Waals surface area contributed by atoms with E-state index in [-0.39, 0.29) is 0 Å². The highest BCUT2D eigenvalue weighted by Crippen LogP contribution is 2.44. The average molecular weight is 351 g/mol. The maximum Gasteiger partial charge on any atom is 0.0496 e. The molecule has 2 aromatic rings. The van der Waals surface area contributed by atoms with Crippen molar-refractivity contribution in [3.8, 4) is 11.1 Å². The van der Waals surface area contributed by atoms with Gasteiger partial charge in [-0.25, -0.2) is 0 Å². The van der Waals surface area contributed by atoms with Crippen LogP contribution >= 0.6 is 0 Å². The molecule has 27 heavy (non-hydrogen) atoms. The average Bonchev–Trinajstić information content (AvgIpc) is 3.10. The minimum atomic E-state index is 1.03. The molecular weight excluding hydrogens is 326 g/mol. The van der Waals surface area contributed by atoms with Gasteiger partial charge < -0.3 is 4.90 Å². The SMILES string of the molecule is CC1=CC=C(N(C2=CC=CCC2)c2cccc3c2Cc2ccccc2-3)CC1. The van der Waals surface area contributed by atoms with E-state index in [2.05, 4.69) is 84.7 Å². The van der Waals surface area contributed by atoms with E-state index in [1.807, 2.05) is 0 Å². The Hall–Kier alpha value is -2.80. The van der Waals surface area contributed by atoms with Gasteiger partial charge >= 0.3 is 0 Å². The van der Waals surface area contributed by atoms with E-state index < -0.39 is 0 Å². The molecule has 3 aliphatic carbocycles. The zero-order valence-electron chi connectivity index (χ0n) is 15.9. The van der Waals surface area contributed by atoms with Crippen molar-refractivity contribution >= 4 is 5.69 Å². The van der Waals surface area contributed by atoms with Gasteiger partial charge in [0.15, 0.2) is 0 Å². The van der Waals surface area contributed by atoms with Gasteiger partial charge in [0.1, 0.15) is 0 Å². The second kappa shape index (κ2) is 6.74. The molecule has 0 aromatic heterocycles. The molecule has 0 radical (unpaired) electrons. The number of rotatable bonds is 3. The van der Waals surface area contributed by atoms with Crippen molar-refractivity contribution in [3.05, 3.63) is 101 Å². The van der Waals surface area contributed by atoms with Crippen LogP contribution in [-0.2, 0) is 6.42 Å². The number of hydrogen-bond donors (Lipinski definition) is 0. The first-order chi connectivity index (χ1) is 13.3. The molecule has 1 nitrogen and oxygen atoms in total. The molecule has 0 heterocycles. The highest BCUT2D eigenvalue weighted by molar-refractivity contribution is 5.83. The highest BCUT2D eigenvalue weighted by atomic mass is 15.2. The summed E-state index contributed by atoms with van der Waals surface area (Å²) in [7, 11) is 0. The van der Waals surface area contributed by atoms with E-state index in [0.717, 1.165) is 32.1 Å². The van der Waals surface area contributed by atoms with Crippen LogP contribution in [0.3, 0.4) is 0 Å². The molecule has 0 N–H and O–H groups in total. The van der Waals surface area contributed by atoms with E-state index in [0.29, 0.717) is 0 Å². The van der Waals surface area contributed by atoms with Crippen LogP contribution < -0.4 is 4.90 Å². The summed E-state index contributed by atoms with van der Waals surface area (Å²) in [5.41, 5.74) is 11.4. The fraction of sp³-hybridized carbons (Fsp3) is 0.231. The summed E-state index contributed by atoms with van der Waals surface area (Å²) in [6.45, 7) is 2.23. The molecule has 3 aliphatic rings. The van der Waals surface area contributed by atoms with Gasteiger partial charge in [-0.2, -0.15) is 0 Å². The molecule has 0 bridgehead atoms. The molecule has 1 heteroatoms. The topological polar surface area (TPSA) is 3.24 Å². The van der Waals surface area contributed by atoms with Gasteiger partial charge in [-0.1, -0.05) is 60.2 Å². The minimum absolute atomic E-state index is 1.03. The van der Waals surface area contributed by atoms with Crippen LogP contribution in [0, 0.1) is 0 Å². The largest absolute Gasteiger partial charge is 0.318 e. The van der Waals surface area contributed by atoms with Gasteiger partial charge in [0.25, 0.3) is 0 Å². The zero-order chi connectivity index (χ0) is 18.2. The maximum absolute atomic E-state index is 2.55. The lowest BCUT2D eigenvalue weighted by Gasteiger charge is -2.33. The Bertz CT molecular complexity index is 1020. The van der Waals surface area contributed by atoms with Crippen molar-refractivity contribution in [2.75, 3.05) is 4.90 Å². The third kappa shape index (κ3) is 2.88. The molecular formula is C26H25N. The summed E-state index contributed by atoms with van der Waals surface area (Å²) < 4.78 is 0. The molecule has 134 valence electrons. The van der Waals surface area contributed by atoms with Crippen LogP contribution in [0.1, 0.15) is 43.7 Å². The van der Waals surface area contributed by atoms with Crippen molar-refractivity contribution in [2.24, 2.45) is 0 Å². The summed E-state index contributed by atoms with van der Waals surface area (Å²) >= 11 is 0. The summed E-state index contributed by atoms with van der Waals surface area (Å²) in [6.07, 6.45) is 16.9. The lowest BCUT2D eigenvalue weighted by molar-refractivity contribution is 0.817. The lowest BCUT2D eigenvalue weighted by atomic mass is 9.98. The van der Waals surface area contributed by atoms with Gasteiger partial charge in [-0.05, 0) is 73.1 Å². The van der Waals surface area contributed by atoms with Crippen LogP contribution in [0.2, 0.25) is 0 Å². The maximum atomic E-state index is 2.55. The number of hydrogen-bond acceptors (Lipinski definition) is 1. The van der Waals surface area contributed by atoms with Crippen molar-refractivity contribution in [2.45, 2.75) is 39.0 Å². The van der Waals surface area contributed by atoms with Crippen LogP contribution in [0.15, 0.2) is 89.8 Å². The van der Waals surface area contributed by atoms with Crippen molar-refractivity contribution in [3.63, 3.8) is 0 Å². The molecule has 0 fully saturated rings. The second-order valence-corrected chi connectivity index (χ2v) is 7.77. The van der Waals surface area contributed by atoms with Crippen LogP contribution in [0.4, 0.5) is 5.69 Å². The standard InChI is InChI=1S/C26H25N/c1-19-14-16-22(17-15-19)27(21-9-3-2-4-10-21)26-13-7-12-24-23-11-6-5-8-20(23)18-25(24)26/h2-3,5-9,11-14,16H,4,10,15,17-18H2,1H3. The van der Waals surface area contributed by atoms with Crippen molar-refractivity contribution in [1.29, 1.82) is 0 Å². The second-order valence-electron chi connectivity index (χ2n) is 7.77. The van der Waals surface area contributed by atoms with Crippen LogP contribution in [-0.4, -0.2) is 0 Å². The molecule has 0 saturated heterocycles. The van der Waals surface area contributed by atoms with Gasteiger partial charge in [0.2, 0.25) is 0 Å². The quantitative estimate of drug-likeness (QED) is 0.495. The monoisotopic (exact) mass is 351 g/mol. The third-order valence-electron chi connectivity index (χ3n) is 5.97. The van der Waals surface area contributed by atoms with E-state index in [1.165, 1.54) is 44.9 Å². The predicted octanol–water partition coefficient (Wildman–Crippen LogP) is 6.92. The Morgan fingerprint density at radius 3 is 2.44 bits per heavy atom. The summed E-state index contributed by atoms with van der Waals surface area (Å²) in [5, 5.41) is 0. The minimum Gasteiger partial charge on any atom is -0.318 e. The molecule has 0 spiro atoms. The Balaban J connectivity index is 1.66. The van der Waals surface area contributed by atoms with E-state index in [1.54, 1.807) is 0 Å². The number of anilines is 1. The van der Waals surface area contributed by atoms with Gasteiger partial charge in [0.05, 0.1) is 0 Å². The first-order valence-electron chi connectivity index (χ1n) is 10.0. The molecule has 0 saturated carbocycles. The first kappa shape index (κ1) is 16.4. The Morgan fingerprint density at radius 2 is 1.63 bits per heavy atom. The number of nitrogens with zero attached hydrogens (tertiary/aromatic N) is 1. The lowest BCUT2D eigenvalue weighted by Crippen LogP contribution is -2.24. The summed E-state index contributed by atoms with van der Waals surface area (Å²) in [6, 6.07) is 15.7. The molecule has 0 atom stereocenters. The summed E-state index contributed by atoms with van der Waals surface area (Å²) in [4.78, 5) is 2.55. The highest BCUT2D eigenvalue weighted by Gasteiger charge is 2.26. The molecule has 5 rings (SSSR count). The third-order valence-corrected chi connectivity index (χ3v) is 5.97. The Labute approximate surface area is 162 Å². The molecule has 0 unspecified atom stereocenters. The zero-order valence-corrected chi connectivity index (χ0v) is 15.9. The number of allylic oxidation sites excluding steroid dienone is 8. The molecule has 2 aromatic carbocycles. The smallest absolute Gasteiger partial charge is 0.0496 e. The van der Waals surface area contributed by atoms with Gasteiger partial charge in [-0.15, -0.1) is 0 Å². The molecule has 0 aliphatic heterocycles.